The predicted molar refractivity (Wildman–Crippen MR) is 43.3 cm³/mol. The zero-order chi connectivity index (χ0) is 8.29. The fraction of sp³-hybridized carbons (Fsp3) is 0.700. The topological polar surface area (TPSA) is 26.3 Å². The normalized spacial score (nSPS) is 54.3. The smallest absolute Gasteiger partial charge is 0.310 e. The SMILES string of the molecule is C=CC1C2CC3OC(=O)C1C3C2. The summed E-state index contributed by atoms with van der Waals surface area (Å²) in [6.07, 6.45) is 4.50. The lowest BCUT2D eigenvalue weighted by Gasteiger charge is -2.20. The highest BCUT2D eigenvalue weighted by molar-refractivity contribution is 5.77. The molecule has 0 aromatic carbocycles. The second-order valence-electron chi connectivity index (χ2n) is 4.21. The van der Waals surface area contributed by atoms with E-state index in [4.69, 9.17) is 4.74 Å². The second kappa shape index (κ2) is 1.93. The first-order valence-electron chi connectivity index (χ1n) is 4.64. The average Bonchev–Trinajstić information content (AvgIpc) is 2.61. The maximum absolute atomic E-state index is 11.4. The highest BCUT2D eigenvalue weighted by atomic mass is 16.6. The van der Waals surface area contributed by atoms with Gasteiger partial charge in [-0.15, -0.1) is 6.58 Å². The van der Waals surface area contributed by atoms with E-state index in [0.717, 1.165) is 6.42 Å². The molecule has 5 atom stereocenters. The number of carbonyl (C=O) groups excluding carboxylic acids is 1. The molecule has 2 heteroatoms. The summed E-state index contributed by atoms with van der Waals surface area (Å²) in [6.45, 7) is 3.80. The van der Waals surface area contributed by atoms with Crippen LogP contribution in [0.2, 0.25) is 0 Å². The van der Waals surface area contributed by atoms with Gasteiger partial charge in [0, 0.05) is 5.92 Å². The highest BCUT2D eigenvalue weighted by Crippen LogP contribution is 2.57. The Labute approximate surface area is 71.6 Å². The van der Waals surface area contributed by atoms with E-state index in [9.17, 15) is 4.79 Å². The van der Waals surface area contributed by atoms with Crippen LogP contribution in [0.1, 0.15) is 12.8 Å². The number of hydrogen-bond donors (Lipinski definition) is 0. The fourth-order valence-electron chi connectivity index (χ4n) is 3.38. The molecule has 2 aliphatic carbocycles. The van der Waals surface area contributed by atoms with Crippen molar-refractivity contribution in [2.45, 2.75) is 18.9 Å². The Bertz CT molecular complexity index is 257. The Kier molecular flexibility index (Phi) is 1.07. The Hall–Kier alpha value is -0.790. The van der Waals surface area contributed by atoms with Crippen LogP contribution in [0.25, 0.3) is 0 Å². The molecule has 0 aromatic rings. The van der Waals surface area contributed by atoms with Crippen LogP contribution < -0.4 is 0 Å². The summed E-state index contributed by atoms with van der Waals surface area (Å²) >= 11 is 0. The molecule has 3 fully saturated rings. The molecule has 3 aliphatic rings. The minimum Gasteiger partial charge on any atom is -0.462 e. The predicted octanol–water partition coefficient (Wildman–Crippen LogP) is 1.37. The van der Waals surface area contributed by atoms with E-state index in [-0.39, 0.29) is 18.0 Å². The van der Waals surface area contributed by atoms with E-state index in [1.165, 1.54) is 6.42 Å². The quantitative estimate of drug-likeness (QED) is 0.432. The molecule has 0 radical (unpaired) electrons. The van der Waals surface area contributed by atoms with Crippen molar-refractivity contribution in [1.82, 2.24) is 0 Å². The second-order valence-corrected chi connectivity index (χ2v) is 4.21. The minimum absolute atomic E-state index is 0.0369. The Morgan fingerprint density at radius 2 is 2.33 bits per heavy atom. The van der Waals surface area contributed by atoms with Crippen molar-refractivity contribution in [3.8, 4) is 0 Å². The van der Waals surface area contributed by atoms with Crippen LogP contribution in [0.15, 0.2) is 12.7 Å². The first-order chi connectivity index (χ1) is 5.81. The van der Waals surface area contributed by atoms with Gasteiger partial charge < -0.3 is 4.74 Å². The van der Waals surface area contributed by atoms with Crippen molar-refractivity contribution in [1.29, 1.82) is 0 Å². The van der Waals surface area contributed by atoms with Crippen LogP contribution in [0.5, 0.6) is 0 Å². The summed E-state index contributed by atoms with van der Waals surface area (Å²) in [5.74, 6) is 1.85. The summed E-state index contributed by atoms with van der Waals surface area (Å²) in [6, 6.07) is 0. The summed E-state index contributed by atoms with van der Waals surface area (Å²) in [5.41, 5.74) is 0. The van der Waals surface area contributed by atoms with E-state index in [1.807, 2.05) is 6.08 Å². The van der Waals surface area contributed by atoms with Crippen molar-refractivity contribution < 1.29 is 9.53 Å². The third-order valence-electron chi connectivity index (χ3n) is 3.82. The van der Waals surface area contributed by atoms with Crippen LogP contribution >= 0.6 is 0 Å². The third kappa shape index (κ3) is 0.563. The Morgan fingerprint density at radius 1 is 1.50 bits per heavy atom. The molecule has 5 unspecified atom stereocenters. The standard InChI is InChI=1S/C10H12O2/c1-2-6-5-3-7-8(4-5)12-10(11)9(6)7/h2,5-9H,1,3-4H2. The Morgan fingerprint density at radius 3 is 3.08 bits per heavy atom. The number of esters is 1. The van der Waals surface area contributed by atoms with Crippen LogP contribution in [0.3, 0.4) is 0 Å². The van der Waals surface area contributed by atoms with Gasteiger partial charge in [0.05, 0.1) is 5.92 Å². The average molecular weight is 164 g/mol. The van der Waals surface area contributed by atoms with E-state index < -0.39 is 0 Å². The molecule has 0 amide bonds. The molecule has 2 saturated carbocycles. The summed E-state index contributed by atoms with van der Waals surface area (Å²) < 4.78 is 5.28. The lowest BCUT2D eigenvalue weighted by Crippen LogP contribution is -2.24. The van der Waals surface area contributed by atoms with Gasteiger partial charge in [-0.25, -0.2) is 0 Å². The molecule has 0 aromatic heterocycles. The molecular weight excluding hydrogens is 152 g/mol. The minimum atomic E-state index is 0.0369. The van der Waals surface area contributed by atoms with Crippen molar-refractivity contribution in [2.75, 3.05) is 0 Å². The molecule has 1 heterocycles. The number of carbonyl (C=O) groups is 1. The van der Waals surface area contributed by atoms with Gasteiger partial charge in [-0.05, 0) is 24.7 Å². The summed E-state index contributed by atoms with van der Waals surface area (Å²) in [4.78, 5) is 11.4. The molecule has 2 bridgehead atoms. The van der Waals surface area contributed by atoms with Gasteiger partial charge >= 0.3 is 5.97 Å². The highest BCUT2D eigenvalue weighted by Gasteiger charge is 2.60. The molecule has 0 spiro atoms. The number of allylic oxidation sites excluding steroid dienone is 1. The van der Waals surface area contributed by atoms with Gasteiger partial charge in [0.2, 0.25) is 0 Å². The van der Waals surface area contributed by atoms with E-state index in [0.29, 0.717) is 17.8 Å². The van der Waals surface area contributed by atoms with Crippen molar-refractivity contribution in [3.05, 3.63) is 12.7 Å². The third-order valence-corrected chi connectivity index (χ3v) is 3.82. The molecule has 3 rings (SSSR count). The lowest BCUT2D eigenvalue weighted by atomic mass is 9.80. The van der Waals surface area contributed by atoms with Crippen molar-refractivity contribution in [2.24, 2.45) is 23.7 Å². The van der Waals surface area contributed by atoms with E-state index in [2.05, 4.69) is 6.58 Å². The molecule has 2 nitrogen and oxygen atoms in total. The monoisotopic (exact) mass is 164 g/mol. The van der Waals surface area contributed by atoms with Crippen LogP contribution in [0.4, 0.5) is 0 Å². The van der Waals surface area contributed by atoms with Crippen molar-refractivity contribution in [3.63, 3.8) is 0 Å². The Balaban J connectivity index is 2.03. The number of hydrogen-bond acceptors (Lipinski definition) is 2. The maximum atomic E-state index is 11.4. The first kappa shape index (κ1) is 6.70. The number of ether oxygens (including phenoxy) is 1. The van der Waals surface area contributed by atoms with Gasteiger partial charge in [-0.3, -0.25) is 4.79 Å². The molecule has 64 valence electrons. The molecular formula is C10H12O2. The van der Waals surface area contributed by atoms with Gasteiger partial charge in [0.1, 0.15) is 6.10 Å². The summed E-state index contributed by atoms with van der Waals surface area (Å²) in [5, 5.41) is 0. The molecule has 1 saturated heterocycles. The molecule has 1 aliphatic heterocycles. The number of rotatable bonds is 1. The van der Waals surface area contributed by atoms with Gasteiger partial charge in [0.25, 0.3) is 0 Å². The van der Waals surface area contributed by atoms with Crippen LogP contribution in [0, 0.1) is 23.7 Å². The van der Waals surface area contributed by atoms with E-state index >= 15 is 0 Å². The van der Waals surface area contributed by atoms with Crippen molar-refractivity contribution >= 4 is 5.97 Å². The zero-order valence-electron chi connectivity index (χ0n) is 6.90. The lowest BCUT2D eigenvalue weighted by molar-refractivity contribution is -0.143. The fourth-order valence-corrected chi connectivity index (χ4v) is 3.38. The first-order valence-corrected chi connectivity index (χ1v) is 4.64. The molecule has 0 N–H and O–H groups in total. The van der Waals surface area contributed by atoms with E-state index in [1.54, 1.807) is 0 Å². The van der Waals surface area contributed by atoms with Gasteiger partial charge in [-0.2, -0.15) is 0 Å². The largest absolute Gasteiger partial charge is 0.462 e. The van der Waals surface area contributed by atoms with Gasteiger partial charge in [0.15, 0.2) is 0 Å². The number of fused-ring (bicyclic) bond motifs is 1. The van der Waals surface area contributed by atoms with Crippen LogP contribution in [-0.2, 0) is 9.53 Å². The zero-order valence-corrected chi connectivity index (χ0v) is 6.90. The maximum Gasteiger partial charge on any atom is 0.310 e. The van der Waals surface area contributed by atoms with Gasteiger partial charge in [-0.1, -0.05) is 6.08 Å². The molecule has 12 heavy (non-hydrogen) atoms. The summed E-state index contributed by atoms with van der Waals surface area (Å²) in [7, 11) is 0. The van der Waals surface area contributed by atoms with Crippen LogP contribution in [-0.4, -0.2) is 12.1 Å².